The number of imidazole rings is 1. The summed E-state index contributed by atoms with van der Waals surface area (Å²) in [6.45, 7) is 4.65. The Morgan fingerprint density at radius 2 is 1.48 bits per heavy atom. The number of aromatic hydroxyl groups is 1. The Kier molecular flexibility index (Phi) is 13.1. The summed E-state index contributed by atoms with van der Waals surface area (Å²) in [5.74, 6) is 0.575. The number of nitrogens with one attached hydrogen (secondary N) is 2. The van der Waals surface area contributed by atoms with E-state index < -0.39 is 0 Å². The smallest absolute Gasteiger partial charge is 0.231 e. The van der Waals surface area contributed by atoms with Gasteiger partial charge in [-0.15, -0.1) is 0 Å². The maximum absolute atomic E-state index is 13.7. The van der Waals surface area contributed by atoms with Crippen molar-refractivity contribution in [3.63, 3.8) is 0 Å². The topological polar surface area (TPSA) is 96.5 Å². The summed E-state index contributed by atoms with van der Waals surface area (Å²) in [7, 11) is 1.64. The number of fused-ring (bicyclic) bond motifs is 1. The summed E-state index contributed by atoms with van der Waals surface area (Å²) >= 11 is 0. The zero-order valence-corrected chi connectivity index (χ0v) is 26.7. The highest BCUT2D eigenvalue weighted by Crippen LogP contribution is 2.35. The number of hydrogen-bond acceptors (Lipinski definition) is 6. The minimum Gasteiger partial charge on any atom is -0.507 e. The van der Waals surface area contributed by atoms with E-state index in [1.807, 2.05) is 49.4 Å². The molecule has 3 N–H and O–H groups in total. The highest BCUT2D eigenvalue weighted by molar-refractivity contribution is 6.13. The van der Waals surface area contributed by atoms with E-state index in [2.05, 4.69) is 17.4 Å². The van der Waals surface area contributed by atoms with Gasteiger partial charge in [-0.05, 0) is 56.2 Å². The number of ketones is 1. The average Bonchev–Trinajstić information content (AvgIpc) is 3.48. The predicted molar refractivity (Wildman–Crippen MR) is 180 cm³/mol. The molecule has 44 heavy (non-hydrogen) atoms. The fraction of sp³-hybridized carbons (Fsp3) is 0.459. The third kappa shape index (κ3) is 8.85. The van der Waals surface area contributed by atoms with Crippen LogP contribution in [0.3, 0.4) is 0 Å². The first-order chi connectivity index (χ1) is 21.6. The van der Waals surface area contributed by atoms with E-state index in [1.54, 1.807) is 19.2 Å². The number of nitrogens with zero attached hydrogens (tertiary/aromatic N) is 1. The Morgan fingerprint density at radius 3 is 2.11 bits per heavy atom. The van der Waals surface area contributed by atoms with Crippen molar-refractivity contribution in [2.75, 3.05) is 19.2 Å². The summed E-state index contributed by atoms with van der Waals surface area (Å²) in [6.07, 6.45) is 16.3. The number of aromatic amines is 1. The highest BCUT2D eigenvalue weighted by atomic mass is 16.6. The molecule has 0 radical (unpaired) electrons. The van der Waals surface area contributed by atoms with Crippen LogP contribution in [0.15, 0.2) is 54.6 Å². The average molecular weight is 600 g/mol. The van der Waals surface area contributed by atoms with E-state index in [1.165, 1.54) is 64.2 Å². The third-order valence-electron chi connectivity index (χ3n) is 8.24. The first-order valence-electron chi connectivity index (χ1n) is 16.5. The lowest BCUT2D eigenvalue weighted by Gasteiger charge is -2.11. The lowest BCUT2D eigenvalue weighted by molar-refractivity contribution is 0.102. The normalized spacial score (nSPS) is 11.2. The zero-order valence-electron chi connectivity index (χ0n) is 26.7. The van der Waals surface area contributed by atoms with Crippen molar-refractivity contribution < 1.29 is 19.5 Å². The van der Waals surface area contributed by atoms with Gasteiger partial charge >= 0.3 is 0 Å². The molecule has 0 aliphatic rings. The molecular formula is C37H49N3O4. The molecule has 0 atom stereocenters. The number of rotatable bonds is 20. The number of carbonyl (C=O) groups is 1. The van der Waals surface area contributed by atoms with Crippen LogP contribution in [0.1, 0.15) is 113 Å². The number of aryl methyl sites for hydroxylation is 1. The van der Waals surface area contributed by atoms with Gasteiger partial charge in [0.15, 0.2) is 5.82 Å². The predicted octanol–water partition coefficient (Wildman–Crippen LogP) is 9.78. The van der Waals surface area contributed by atoms with E-state index in [-0.39, 0.29) is 22.9 Å². The van der Waals surface area contributed by atoms with Crippen LogP contribution in [0.5, 0.6) is 11.5 Å². The van der Waals surface area contributed by atoms with Crippen LogP contribution in [-0.2, 0) is 11.3 Å². The molecule has 0 spiro atoms. The molecule has 4 aromatic rings. The molecule has 0 amide bonds. The Balaban J connectivity index is 1.44. The number of phenolic OH excluding ortho intramolecular Hbond substituents is 1. The number of anilines is 1. The van der Waals surface area contributed by atoms with Crippen LogP contribution in [0, 0.1) is 0 Å². The van der Waals surface area contributed by atoms with Gasteiger partial charge in [-0.1, -0.05) is 95.8 Å². The van der Waals surface area contributed by atoms with Gasteiger partial charge in [0.2, 0.25) is 5.78 Å². The van der Waals surface area contributed by atoms with Crippen LogP contribution < -0.4 is 10.2 Å². The number of benzene rings is 3. The fourth-order valence-corrected chi connectivity index (χ4v) is 5.72. The van der Waals surface area contributed by atoms with Crippen molar-refractivity contribution in [2.24, 2.45) is 0 Å². The number of unbranched alkanes of at least 4 members (excludes halogenated alkanes) is 11. The number of phenols is 1. The lowest BCUT2D eigenvalue weighted by atomic mass is 10.0. The second-order valence-corrected chi connectivity index (χ2v) is 11.5. The maximum Gasteiger partial charge on any atom is 0.231 e. The second kappa shape index (κ2) is 17.5. The van der Waals surface area contributed by atoms with Gasteiger partial charge in [0.1, 0.15) is 11.5 Å². The highest BCUT2D eigenvalue weighted by Gasteiger charge is 2.22. The Morgan fingerprint density at radius 1 is 0.818 bits per heavy atom. The van der Waals surface area contributed by atoms with Crippen LogP contribution in [0.25, 0.3) is 22.0 Å². The van der Waals surface area contributed by atoms with Crippen LogP contribution in [0.4, 0.5) is 5.69 Å². The Hall–Kier alpha value is -3.84. The molecule has 0 bridgehead atoms. The van der Waals surface area contributed by atoms with Gasteiger partial charge in [-0.2, -0.15) is 0 Å². The molecule has 3 aromatic carbocycles. The largest absolute Gasteiger partial charge is 0.507 e. The van der Waals surface area contributed by atoms with Crippen LogP contribution >= 0.6 is 0 Å². The summed E-state index contributed by atoms with van der Waals surface area (Å²) in [5.41, 5.74) is 6.47. The second-order valence-electron chi connectivity index (χ2n) is 11.5. The molecule has 0 fully saturated rings. The first-order valence-corrected chi connectivity index (χ1v) is 16.5. The quantitative estimate of drug-likeness (QED) is 0.0531. The summed E-state index contributed by atoms with van der Waals surface area (Å²) in [4.78, 5) is 27.2. The number of carbonyl (C=O) groups excluding carboxylic acids is 1. The number of H-pyrrole nitrogens is 1. The SMILES string of the molecule is CCCCCCCCCCCCCCc1[nH]c(C(=O)c2ccc3c(NOCC)cccc3c2O)nc1-c1ccc(OC)cc1. The van der Waals surface area contributed by atoms with Crippen molar-refractivity contribution in [1.29, 1.82) is 0 Å². The maximum atomic E-state index is 13.7. The van der Waals surface area contributed by atoms with Crippen molar-refractivity contribution in [3.05, 3.63) is 71.7 Å². The van der Waals surface area contributed by atoms with E-state index in [0.717, 1.165) is 53.0 Å². The molecule has 1 heterocycles. The van der Waals surface area contributed by atoms with Gasteiger partial charge in [-0.3, -0.25) is 15.1 Å². The van der Waals surface area contributed by atoms with Crippen molar-refractivity contribution in [2.45, 2.75) is 97.3 Å². The van der Waals surface area contributed by atoms with Crippen molar-refractivity contribution in [3.8, 4) is 22.8 Å². The van der Waals surface area contributed by atoms with Gasteiger partial charge in [-0.25, -0.2) is 4.98 Å². The minimum absolute atomic E-state index is 0.0717. The van der Waals surface area contributed by atoms with Crippen LogP contribution in [0.2, 0.25) is 0 Å². The molecule has 0 saturated carbocycles. The minimum atomic E-state index is -0.344. The molecule has 0 unspecified atom stereocenters. The zero-order chi connectivity index (χ0) is 31.1. The van der Waals surface area contributed by atoms with Gasteiger partial charge < -0.3 is 14.8 Å². The molecule has 0 saturated heterocycles. The molecule has 4 rings (SSSR count). The summed E-state index contributed by atoms with van der Waals surface area (Å²) in [6, 6.07) is 16.7. The molecule has 0 aliphatic carbocycles. The molecule has 1 aromatic heterocycles. The summed E-state index contributed by atoms with van der Waals surface area (Å²) < 4.78 is 5.34. The number of ether oxygens (including phenoxy) is 1. The number of aromatic nitrogens is 2. The van der Waals surface area contributed by atoms with E-state index in [4.69, 9.17) is 14.6 Å². The molecule has 7 nitrogen and oxygen atoms in total. The molecule has 236 valence electrons. The number of hydrogen-bond donors (Lipinski definition) is 3. The third-order valence-corrected chi connectivity index (χ3v) is 8.24. The van der Waals surface area contributed by atoms with Gasteiger partial charge in [0.05, 0.1) is 30.7 Å². The fourth-order valence-electron chi connectivity index (χ4n) is 5.72. The standard InChI is InChI=1S/C37H49N3O4/c1-4-6-7-8-9-10-11-12-13-14-15-16-19-33-34(27-21-23-28(43-3)24-22-27)39-37(38-33)36(42)31-26-25-29-30(35(31)41)18-17-20-32(29)40-44-5-2/h17-18,20-26,40-41H,4-16,19H2,1-3H3,(H,38,39). The first kappa shape index (κ1) is 33.1. The monoisotopic (exact) mass is 599 g/mol. The van der Waals surface area contributed by atoms with E-state index in [0.29, 0.717) is 12.0 Å². The summed E-state index contributed by atoms with van der Waals surface area (Å²) in [5, 5.41) is 12.5. The molecular weight excluding hydrogens is 550 g/mol. The Labute approximate surface area is 262 Å². The van der Waals surface area contributed by atoms with E-state index in [9.17, 15) is 9.90 Å². The van der Waals surface area contributed by atoms with E-state index >= 15 is 0 Å². The molecule has 7 heteroatoms. The van der Waals surface area contributed by atoms with Crippen molar-refractivity contribution >= 4 is 22.2 Å². The van der Waals surface area contributed by atoms with Gasteiger partial charge in [0, 0.05) is 22.0 Å². The lowest BCUT2D eigenvalue weighted by Crippen LogP contribution is -2.05. The Bertz CT molecular complexity index is 1460. The number of methoxy groups -OCH3 is 1. The van der Waals surface area contributed by atoms with Gasteiger partial charge in [0.25, 0.3) is 0 Å². The van der Waals surface area contributed by atoms with Crippen molar-refractivity contribution in [1.82, 2.24) is 9.97 Å². The molecule has 0 aliphatic heterocycles. The van der Waals surface area contributed by atoms with Crippen LogP contribution in [-0.4, -0.2) is 34.6 Å².